The van der Waals surface area contributed by atoms with Crippen LogP contribution in [0.2, 0.25) is 19.6 Å². The molecule has 4 nitrogen and oxygen atoms in total. The van der Waals surface area contributed by atoms with E-state index >= 15 is 0 Å². The second-order valence-electron chi connectivity index (χ2n) is 15.5. The van der Waals surface area contributed by atoms with Gasteiger partial charge in [0, 0.05) is 55.2 Å². The number of aliphatic hydroxyl groups is 1. The molecule has 0 amide bonds. The molecule has 0 aliphatic heterocycles. The summed E-state index contributed by atoms with van der Waals surface area (Å²) in [7, 11) is -1.50. The number of hydrogen-bond donors (Lipinski definition) is 1. The van der Waals surface area contributed by atoms with Crippen LogP contribution in [0.15, 0.2) is 66.6 Å². The second kappa shape index (κ2) is 14.8. The fraction of sp³-hybridized carbons (Fsp3) is 0.429. The van der Waals surface area contributed by atoms with Crippen LogP contribution in [0.5, 0.6) is 0 Å². The van der Waals surface area contributed by atoms with Crippen LogP contribution in [0.1, 0.15) is 79.7 Å². The number of nitrogens with zero attached hydrogens (tertiary/aromatic N) is 2. The van der Waals surface area contributed by atoms with E-state index in [1.165, 1.54) is 54.8 Å². The van der Waals surface area contributed by atoms with Gasteiger partial charge in [-0.3, -0.25) is 9.78 Å². The van der Waals surface area contributed by atoms with E-state index < -0.39 is 8.07 Å². The van der Waals surface area contributed by atoms with Crippen molar-refractivity contribution < 1.29 is 30.0 Å². The molecule has 3 heterocycles. The van der Waals surface area contributed by atoms with E-state index in [-0.39, 0.29) is 48.9 Å². The maximum atomic E-state index is 11.7. The van der Waals surface area contributed by atoms with E-state index in [0.717, 1.165) is 43.1 Å². The van der Waals surface area contributed by atoms with Crippen molar-refractivity contribution in [2.45, 2.75) is 100 Å². The molecule has 0 fully saturated rings. The summed E-state index contributed by atoms with van der Waals surface area (Å²) in [5.74, 6) is 0.547. The summed E-state index contributed by atoms with van der Waals surface area (Å²) in [6.45, 7) is 22.4. The predicted molar refractivity (Wildman–Crippen MR) is 205 cm³/mol. The Hall–Kier alpha value is -3.05. The van der Waals surface area contributed by atoms with Crippen molar-refractivity contribution in [3.63, 3.8) is 0 Å². The third-order valence-corrected chi connectivity index (χ3v) is 11.8. The minimum Gasteiger partial charge on any atom is -0.512 e. The molecule has 1 radical (unpaired) electrons. The molecule has 0 unspecified atom stereocenters. The molecule has 48 heavy (non-hydrogen) atoms. The van der Waals surface area contributed by atoms with E-state index in [1.807, 2.05) is 33.9 Å². The Morgan fingerprint density at radius 3 is 2.19 bits per heavy atom. The monoisotopic (exact) mass is 838 g/mol. The van der Waals surface area contributed by atoms with E-state index in [4.69, 9.17) is 4.98 Å². The first kappa shape index (κ1) is 37.8. The topological polar surface area (TPSA) is 54.6 Å². The quantitative estimate of drug-likeness (QED) is 0.0394. The van der Waals surface area contributed by atoms with Gasteiger partial charge in [-0.2, -0.15) is 0 Å². The number of pyridine rings is 1. The number of aliphatic hydroxyl groups excluding tert-OH is 1. The van der Waals surface area contributed by atoms with Crippen LogP contribution in [0.4, 0.5) is 0 Å². The zero-order chi connectivity index (χ0) is 34.3. The fourth-order valence-electron chi connectivity index (χ4n) is 7.06. The van der Waals surface area contributed by atoms with Crippen molar-refractivity contribution in [1.82, 2.24) is 9.38 Å². The predicted octanol–water partition coefficient (Wildman–Crippen LogP) is 11.2. The molecular weight excluding hydrogens is 785 g/mol. The van der Waals surface area contributed by atoms with Gasteiger partial charge in [0.1, 0.15) is 0 Å². The van der Waals surface area contributed by atoms with E-state index in [2.05, 4.69) is 99.4 Å². The number of hydrogen-bond acceptors (Lipinski definition) is 3. The normalized spacial score (nSPS) is 12.9. The molecule has 1 N–H and O–H groups in total. The van der Waals surface area contributed by atoms with Gasteiger partial charge < -0.3 is 9.51 Å². The summed E-state index contributed by atoms with van der Waals surface area (Å²) >= 11 is 0. The van der Waals surface area contributed by atoms with Crippen LogP contribution in [0.3, 0.4) is 0 Å². The Bertz CT molecular complexity index is 2070. The maximum Gasteiger partial charge on any atom is 0.162 e. The van der Waals surface area contributed by atoms with Gasteiger partial charge in [0.25, 0.3) is 0 Å². The Balaban J connectivity index is 0.000000279. The average molecular weight is 838 g/mol. The van der Waals surface area contributed by atoms with Gasteiger partial charge in [-0.15, -0.1) is 17.5 Å². The molecule has 0 saturated heterocycles. The Kier molecular flexibility index (Phi) is 11.7. The molecular formula is C42H53IrN2O2Si-. The number of aromatic nitrogens is 2. The van der Waals surface area contributed by atoms with Crippen molar-refractivity contribution in [3.05, 3.63) is 78.2 Å². The maximum absolute atomic E-state index is 11.7. The Morgan fingerprint density at radius 2 is 1.58 bits per heavy atom. The van der Waals surface area contributed by atoms with Gasteiger partial charge in [0.05, 0.1) is 19.5 Å². The number of rotatable bonds is 9. The van der Waals surface area contributed by atoms with Crippen LogP contribution in [-0.4, -0.2) is 28.3 Å². The molecule has 0 bridgehead atoms. The minimum absolute atomic E-state index is 0. The van der Waals surface area contributed by atoms with Gasteiger partial charge >= 0.3 is 0 Å². The molecule has 3 aromatic heterocycles. The fourth-order valence-corrected chi connectivity index (χ4v) is 8.22. The van der Waals surface area contributed by atoms with Crippen molar-refractivity contribution in [3.8, 4) is 0 Å². The van der Waals surface area contributed by atoms with Gasteiger partial charge in [-0.25, -0.2) is 0 Å². The summed E-state index contributed by atoms with van der Waals surface area (Å²) in [6, 6.07) is 21.9. The summed E-state index contributed by atoms with van der Waals surface area (Å²) in [5, 5.41) is 18.9. The molecule has 6 heteroatoms. The number of benzene rings is 3. The first-order chi connectivity index (χ1) is 22.2. The summed E-state index contributed by atoms with van der Waals surface area (Å²) in [6.07, 6.45) is 7.87. The SMILES string of the molecule is CC(C)(C)Cc1c2ccccc2[c-]c2c1c1cc([Si](C)(C)C)cc3cc4ccnc2n4c31.CCC(CC)C(=O)/C=C(\O)C(CC)CC.[Ir]. The number of carbonyl (C=O) groups is 1. The average Bonchev–Trinajstić information content (AvgIpc) is 3.40. The van der Waals surface area contributed by atoms with Gasteiger partial charge in [0.15, 0.2) is 5.78 Å². The molecule has 0 spiro atoms. The summed E-state index contributed by atoms with van der Waals surface area (Å²) in [5.41, 5.74) is 5.13. The first-order valence-corrected chi connectivity index (χ1v) is 21.1. The molecule has 0 aliphatic carbocycles. The third kappa shape index (κ3) is 7.42. The van der Waals surface area contributed by atoms with E-state index in [0.29, 0.717) is 0 Å². The zero-order valence-electron chi connectivity index (χ0n) is 30.5. The third-order valence-electron chi connectivity index (χ3n) is 9.79. The van der Waals surface area contributed by atoms with Gasteiger partial charge in [0.2, 0.25) is 0 Å². The van der Waals surface area contributed by atoms with Gasteiger partial charge in [-0.1, -0.05) is 125 Å². The number of ketones is 1. The van der Waals surface area contributed by atoms with Crippen LogP contribution in [0, 0.1) is 23.3 Å². The molecule has 0 atom stereocenters. The van der Waals surface area contributed by atoms with Crippen LogP contribution < -0.4 is 5.19 Å². The zero-order valence-corrected chi connectivity index (χ0v) is 33.9. The van der Waals surface area contributed by atoms with E-state index in [9.17, 15) is 9.90 Å². The number of allylic oxidation sites excluding steroid dienone is 2. The van der Waals surface area contributed by atoms with Crippen LogP contribution in [-0.2, 0) is 31.3 Å². The Morgan fingerprint density at radius 1 is 0.938 bits per heavy atom. The first-order valence-electron chi connectivity index (χ1n) is 17.6. The van der Waals surface area contributed by atoms with Crippen molar-refractivity contribution in [2.24, 2.45) is 17.3 Å². The van der Waals surface area contributed by atoms with Gasteiger partial charge in [-0.05, 0) is 60.4 Å². The molecule has 257 valence electrons. The molecule has 0 aliphatic rings. The van der Waals surface area contributed by atoms with Crippen molar-refractivity contribution >= 4 is 68.0 Å². The molecule has 0 saturated carbocycles. The molecule has 6 aromatic rings. The minimum atomic E-state index is -1.50. The smallest absolute Gasteiger partial charge is 0.162 e. The number of carbonyl (C=O) groups excluding carboxylic acids is 1. The van der Waals surface area contributed by atoms with Crippen molar-refractivity contribution in [1.29, 1.82) is 0 Å². The summed E-state index contributed by atoms with van der Waals surface area (Å²) in [4.78, 5) is 16.6. The second-order valence-corrected chi connectivity index (χ2v) is 20.6. The largest absolute Gasteiger partial charge is 0.512 e. The standard InChI is InChI=1S/C29H29N2Si.C13H24O2.Ir/c1-29(2,3)17-25-22-10-8-7-9-18(22)15-24-26(25)23-16-21(32(4,5)6)14-19-13-20-11-12-30-28(24)31(20)27(19)23;1-5-10(6-2)12(14)9-13(15)11(7-3)8-4;/h7-14,16H,17H2,1-6H3;9-11,14H,5-8H2,1-4H3;/q-1;;/b;12-9-;. The number of fused-ring (bicyclic) bond motifs is 4. The molecule has 3 aromatic carbocycles. The molecule has 6 rings (SSSR count). The Labute approximate surface area is 301 Å². The summed E-state index contributed by atoms with van der Waals surface area (Å²) < 4.78 is 2.35. The van der Waals surface area contributed by atoms with E-state index in [1.54, 1.807) is 0 Å². The van der Waals surface area contributed by atoms with Crippen LogP contribution in [0.25, 0.3) is 49.0 Å². The van der Waals surface area contributed by atoms with Crippen LogP contribution >= 0.6 is 0 Å². The van der Waals surface area contributed by atoms with Crippen molar-refractivity contribution in [2.75, 3.05) is 0 Å².